The smallest absolute Gasteiger partial charge is 0.387 e. The summed E-state index contributed by atoms with van der Waals surface area (Å²) in [6, 6.07) is 4.34. The lowest BCUT2D eigenvalue weighted by molar-refractivity contribution is -0.0512. The number of ether oxygens (including phenoxy) is 2. The summed E-state index contributed by atoms with van der Waals surface area (Å²) in [4.78, 5) is 14.5. The summed E-state index contributed by atoms with van der Waals surface area (Å²) in [5.74, 6) is 0.896. The van der Waals surface area contributed by atoms with E-state index < -0.39 is 6.61 Å². The number of carbonyl (C=O) groups is 1. The predicted molar refractivity (Wildman–Crippen MR) is 100 cm³/mol. The second kappa shape index (κ2) is 10.3. The van der Waals surface area contributed by atoms with Crippen molar-refractivity contribution < 1.29 is 23.0 Å². The first kappa shape index (κ1) is 21.3. The minimum absolute atomic E-state index is 0.0238. The monoisotopic (exact) mass is 384 g/mol. The van der Waals surface area contributed by atoms with E-state index in [2.05, 4.69) is 17.0 Å². The molecule has 2 atom stereocenters. The molecule has 7 heteroatoms. The van der Waals surface area contributed by atoms with Crippen molar-refractivity contribution in [2.75, 3.05) is 20.2 Å². The number of nitrogens with one attached hydrogen (secondary N) is 1. The molecule has 0 saturated carbocycles. The molecule has 1 aliphatic heterocycles. The van der Waals surface area contributed by atoms with Crippen LogP contribution in [0.25, 0.3) is 0 Å². The third kappa shape index (κ3) is 6.26. The van der Waals surface area contributed by atoms with Gasteiger partial charge in [-0.15, -0.1) is 0 Å². The fourth-order valence-electron chi connectivity index (χ4n) is 3.57. The topological polar surface area (TPSA) is 50.8 Å². The van der Waals surface area contributed by atoms with Gasteiger partial charge in [0.2, 0.25) is 0 Å². The Morgan fingerprint density at radius 3 is 2.74 bits per heavy atom. The Morgan fingerprint density at radius 1 is 1.30 bits per heavy atom. The lowest BCUT2D eigenvalue weighted by Gasteiger charge is -2.24. The third-order valence-corrected chi connectivity index (χ3v) is 5.08. The number of rotatable bonds is 7. The Labute approximate surface area is 160 Å². The van der Waals surface area contributed by atoms with Gasteiger partial charge in [0.1, 0.15) is 0 Å². The van der Waals surface area contributed by atoms with Crippen molar-refractivity contribution in [3.63, 3.8) is 0 Å². The van der Waals surface area contributed by atoms with Crippen LogP contribution in [0.5, 0.6) is 11.5 Å². The van der Waals surface area contributed by atoms with Gasteiger partial charge < -0.3 is 19.7 Å². The molecule has 2 amide bonds. The van der Waals surface area contributed by atoms with Crippen molar-refractivity contribution in [1.82, 2.24) is 10.2 Å². The van der Waals surface area contributed by atoms with Gasteiger partial charge in [0.25, 0.3) is 0 Å². The number of likely N-dealkylation sites (tertiary alicyclic amines) is 1. The molecule has 0 radical (unpaired) electrons. The van der Waals surface area contributed by atoms with Crippen LogP contribution in [0.2, 0.25) is 0 Å². The molecule has 5 nitrogen and oxygen atoms in total. The Bertz CT molecular complexity index is 613. The third-order valence-electron chi connectivity index (χ3n) is 5.08. The summed E-state index contributed by atoms with van der Waals surface area (Å²) >= 11 is 0. The minimum atomic E-state index is -2.92. The number of hydrogen-bond donors (Lipinski definition) is 1. The standard InChI is InChI=1S/C20H30F2N2O3/c1-4-6-15-7-5-11-24(12-10-15)20(25)23-14(2)16-8-9-17(27-19(21)22)18(13-16)26-3/h8-9,13-15,19H,4-7,10-12H2,1-3H3,(H,23,25)/t14-,15-/m0/s1. The average molecular weight is 384 g/mol. The number of alkyl halides is 2. The van der Waals surface area contributed by atoms with Gasteiger partial charge >= 0.3 is 12.6 Å². The number of amides is 2. The molecule has 1 heterocycles. The fourth-order valence-corrected chi connectivity index (χ4v) is 3.57. The molecule has 1 aliphatic rings. The number of hydrogen-bond acceptors (Lipinski definition) is 3. The molecule has 0 unspecified atom stereocenters. The van der Waals surface area contributed by atoms with Crippen molar-refractivity contribution in [2.45, 2.75) is 58.6 Å². The van der Waals surface area contributed by atoms with E-state index in [1.807, 2.05) is 11.8 Å². The largest absolute Gasteiger partial charge is 0.493 e. The van der Waals surface area contributed by atoms with E-state index in [1.165, 1.54) is 32.4 Å². The first-order chi connectivity index (χ1) is 12.9. The number of nitrogens with zero attached hydrogens (tertiary/aromatic N) is 1. The van der Waals surface area contributed by atoms with Gasteiger partial charge in [0, 0.05) is 13.1 Å². The van der Waals surface area contributed by atoms with Gasteiger partial charge in [0.05, 0.1) is 13.2 Å². The highest BCUT2D eigenvalue weighted by Crippen LogP contribution is 2.31. The summed E-state index contributed by atoms with van der Waals surface area (Å²) < 4.78 is 34.5. The van der Waals surface area contributed by atoms with Gasteiger partial charge in [-0.05, 0) is 49.8 Å². The second-order valence-electron chi connectivity index (χ2n) is 7.03. The quantitative estimate of drug-likeness (QED) is 0.722. The predicted octanol–water partition coefficient (Wildman–Crippen LogP) is 4.97. The summed E-state index contributed by atoms with van der Waals surface area (Å²) in [5.41, 5.74) is 0.764. The van der Waals surface area contributed by atoms with Crippen LogP contribution in [-0.2, 0) is 0 Å². The fraction of sp³-hybridized carbons (Fsp3) is 0.650. The highest BCUT2D eigenvalue weighted by molar-refractivity contribution is 5.74. The highest BCUT2D eigenvalue weighted by atomic mass is 19.3. The molecule has 1 saturated heterocycles. The van der Waals surface area contributed by atoms with Crippen LogP contribution in [-0.4, -0.2) is 37.7 Å². The first-order valence-corrected chi connectivity index (χ1v) is 9.62. The molecule has 1 aromatic carbocycles. The zero-order valence-corrected chi connectivity index (χ0v) is 16.3. The zero-order chi connectivity index (χ0) is 19.8. The number of methoxy groups -OCH3 is 1. The summed E-state index contributed by atoms with van der Waals surface area (Å²) in [5, 5.41) is 2.99. The Morgan fingerprint density at radius 2 is 2.07 bits per heavy atom. The molecular weight excluding hydrogens is 354 g/mol. The Hall–Kier alpha value is -2.05. The molecule has 1 fully saturated rings. The maximum absolute atomic E-state index is 12.6. The van der Waals surface area contributed by atoms with Gasteiger partial charge in [0.15, 0.2) is 11.5 Å². The molecule has 1 aromatic rings. The minimum Gasteiger partial charge on any atom is -0.493 e. The van der Waals surface area contributed by atoms with Crippen LogP contribution in [0.3, 0.4) is 0 Å². The van der Waals surface area contributed by atoms with E-state index in [-0.39, 0.29) is 23.6 Å². The lowest BCUT2D eigenvalue weighted by Crippen LogP contribution is -2.41. The van der Waals surface area contributed by atoms with Crippen molar-refractivity contribution in [3.05, 3.63) is 23.8 Å². The van der Waals surface area contributed by atoms with E-state index in [1.54, 1.807) is 12.1 Å². The van der Waals surface area contributed by atoms with Crippen LogP contribution in [0.4, 0.5) is 13.6 Å². The van der Waals surface area contributed by atoms with Crippen molar-refractivity contribution in [3.8, 4) is 11.5 Å². The van der Waals surface area contributed by atoms with E-state index in [4.69, 9.17) is 4.74 Å². The molecule has 27 heavy (non-hydrogen) atoms. The molecule has 0 aromatic heterocycles. The van der Waals surface area contributed by atoms with Crippen LogP contribution in [0.1, 0.15) is 57.6 Å². The number of halogens is 2. The van der Waals surface area contributed by atoms with Crippen LogP contribution in [0, 0.1) is 5.92 Å². The van der Waals surface area contributed by atoms with E-state index in [0.717, 1.165) is 31.5 Å². The van der Waals surface area contributed by atoms with Gasteiger partial charge in [-0.3, -0.25) is 0 Å². The molecule has 152 valence electrons. The second-order valence-corrected chi connectivity index (χ2v) is 7.03. The summed E-state index contributed by atoms with van der Waals surface area (Å²) in [6.07, 6.45) is 5.65. The molecular formula is C20H30F2N2O3. The van der Waals surface area contributed by atoms with E-state index in [0.29, 0.717) is 5.92 Å². The molecule has 0 spiro atoms. The Kier molecular flexibility index (Phi) is 8.13. The number of urea groups is 1. The zero-order valence-electron chi connectivity index (χ0n) is 16.3. The Balaban J connectivity index is 1.97. The summed E-state index contributed by atoms with van der Waals surface area (Å²) in [6.45, 7) is 2.68. The number of benzene rings is 1. The van der Waals surface area contributed by atoms with Crippen molar-refractivity contribution >= 4 is 6.03 Å². The molecule has 0 bridgehead atoms. The molecule has 1 N–H and O–H groups in total. The van der Waals surface area contributed by atoms with Crippen molar-refractivity contribution in [1.29, 1.82) is 0 Å². The van der Waals surface area contributed by atoms with Gasteiger partial charge in [-0.25, -0.2) is 4.79 Å². The van der Waals surface area contributed by atoms with Crippen LogP contribution >= 0.6 is 0 Å². The normalized spacial score (nSPS) is 18.7. The van der Waals surface area contributed by atoms with Gasteiger partial charge in [-0.2, -0.15) is 8.78 Å². The SMILES string of the molecule is CCC[C@H]1CCCN(C(=O)N[C@@H](C)c2ccc(OC(F)F)c(OC)c2)CC1. The highest BCUT2D eigenvalue weighted by Gasteiger charge is 2.22. The van der Waals surface area contributed by atoms with Crippen molar-refractivity contribution in [2.24, 2.45) is 5.92 Å². The lowest BCUT2D eigenvalue weighted by atomic mass is 9.96. The molecule has 0 aliphatic carbocycles. The van der Waals surface area contributed by atoms with Crippen LogP contribution in [0.15, 0.2) is 18.2 Å². The van der Waals surface area contributed by atoms with Crippen LogP contribution < -0.4 is 14.8 Å². The summed E-state index contributed by atoms with van der Waals surface area (Å²) in [7, 11) is 1.39. The molecule has 2 rings (SSSR count). The first-order valence-electron chi connectivity index (χ1n) is 9.62. The average Bonchev–Trinajstić information content (AvgIpc) is 2.87. The number of carbonyl (C=O) groups excluding carboxylic acids is 1. The maximum Gasteiger partial charge on any atom is 0.387 e. The van der Waals surface area contributed by atoms with E-state index >= 15 is 0 Å². The maximum atomic E-state index is 12.6. The van der Waals surface area contributed by atoms with Gasteiger partial charge in [-0.1, -0.05) is 25.8 Å². The van der Waals surface area contributed by atoms with E-state index in [9.17, 15) is 13.6 Å².